The van der Waals surface area contributed by atoms with Crippen LogP contribution in [-0.2, 0) is 13.0 Å². The van der Waals surface area contributed by atoms with E-state index in [1.165, 1.54) is 0 Å². The number of rotatable bonds is 1. The first-order valence-corrected chi connectivity index (χ1v) is 5.89. The molecule has 1 aromatic heterocycles. The Bertz CT molecular complexity index is 586. The van der Waals surface area contributed by atoms with Crippen molar-refractivity contribution in [1.82, 2.24) is 9.88 Å². The van der Waals surface area contributed by atoms with E-state index < -0.39 is 0 Å². The van der Waals surface area contributed by atoms with E-state index >= 15 is 0 Å². The number of carbonyl (C=O) groups is 1. The Morgan fingerprint density at radius 1 is 1.29 bits per heavy atom. The van der Waals surface area contributed by atoms with E-state index in [-0.39, 0.29) is 5.91 Å². The molecule has 1 aliphatic heterocycles. The molecule has 2 aromatic rings. The standard InChI is InChI=1S/C13H15N3O/c14-13(17)12-9-3-1-2-4-10(9)16-8-7-15-6-5-11(12)16/h1-4,15H,5-8H2,(H2,14,17). The predicted molar refractivity (Wildman–Crippen MR) is 67.0 cm³/mol. The number of primary amides is 1. The Balaban J connectivity index is 2.36. The third kappa shape index (κ3) is 1.52. The molecule has 0 saturated carbocycles. The smallest absolute Gasteiger partial charge is 0.251 e. The van der Waals surface area contributed by atoms with Crippen LogP contribution in [-0.4, -0.2) is 23.6 Å². The molecule has 2 heterocycles. The second-order valence-corrected chi connectivity index (χ2v) is 4.35. The summed E-state index contributed by atoms with van der Waals surface area (Å²) in [5.41, 5.74) is 8.41. The van der Waals surface area contributed by atoms with Gasteiger partial charge in [0, 0.05) is 42.7 Å². The SMILES string of the molecule is NC(=O)c1c2n(c3ccccc13)CCNCC2. The number of para-hydroxylation sites is 1. The van der Waals surface area contributed by atoms with Gasteiger partial charge >= 0.3 is 0 Å². The van der Waals surface area contributed by atoms with Crippen LogP contribution >= 0.6 is 0 Å². The van der Waals surface area contributed by atoms with Crippen molar-refractivity contribution in [1.29, 1.82) is 0 Å². The average molecular weight is 229 g/mol. The zero-order valence-electron chi connectivity index (χ0n) is 9.57. The van der Waals surface area contributed by atoms with Gasteiger partial charge in [0.05, 0.1) is 5.56 Å². The molecule has 0 bridgehead atoms. The molecule has 0 spiro atoms. The molecular weight excluding hydrogens is 214 g/mol. The first kappa shape index (κ1) is 10.4. The summed E-state index contributed by atoms with van der Waals surface area (Å²) in [4.78, 5) is 11.6. The van der Waals surface area contributed by atoms with Gasteiger partial charge in [-0.2, -0.15) is 0 Å². The normalized spacial score (nSPS) is 15.5. The summed E-state index contributed by atoms with van der Waals surface area (Å²) in [5.74, 6) is -0.322. The van der Waals surface area contributed by atoms with Crippen molar-refractivity contribution in [2.75, 3.05) is 13.1 Å². The lowest BCUT2D eigenvalue weighted by atomic mass is 10.1. The zero-order chi connectivity index (χ0) is 11.8. The number of amides is 1. The quantitative estimate of drug-likeness (QED) is 0.762. The molecule has 1 aromatic carbocycles. The molecule has 0 atom stereocenters. The Labute approximate surface area is 99.4 Å². The van der Waals surface area contributed by atoms with Crippen molar-refractivity contribution in [2.45, 2.75) is 13.0 Å². The molecule has 17 heavy (non-hydrogen) atoms. The van der Waals surface area contributed by atoms with E-state index in [0.717, 1.165) is 42.7 Å². The second kappa shape index (κ2) is 3.89. The summed E-state index contributed by atoms with van der Waals surface area (Å²) in [6, 6.07) is 7.98. The highest BCUT2D eigenvalue weighted by atomic mass is 16.1. The molecule has 4 heteroatoms. The summed E-state index contributed by atoms with van der Waals surface area (Å²) in [7, 11) is 0. The zero-order valence-corrected chi connectivity index (χ0v) is 9.57. The lowest BCUT2D eigenvalue weighted by Gasteiger charge is -2.05. The highest BCUT2D eigenvalue weighted by Crippen LogP contribution is 2.26. The molecule has 1 aliphatic rings. The van der Waals surface area contributed by atoms with Crippen LogP contribution in [0.3, 0.4) is 0 Å². The minimum Gasteiger partial charge on any atom is -0.366 e. The van der Waals surface area contributed by atoms with E-state index in [2.05, 4.69) is 16.0 Å². The molecular formula is C13H15N3O. The summed E-state index contributed by atoms with van der Waals surface area (Å²) in [6.45, 7) is 2.73. The van der Waals surface area contributed by atoms with Crippen LogP contribution in [0.25, 0.3) is 10.9 Å². The van der Waals surface area contributed by atoms with Gasteiger partial charge in [-0.05, 0) is 6.07 Å². The number of nitrogens with two attached hydrogens (primary N) is 1. The highest BCUT2D eigenvalue weighted by Gasteiger charge is 2.21. The lowest BCUT2D eigenvalue weighted by Crippen LogP contribution is -2.18. The number of fused-ring (bicyclic) bond motifs is 3. The highest BCUT2D eigenvalue weighted by molar-refractivity contribution is 6.07. The molecule has 4 nitrogen and oxygen atoms in total. The number of hydrogen-bond donors (Lipinski definition) is 2. The predicted octanol–water partition coefficient (Wildman–Crippen LogP) is 0.886. The molecule has 0 saturated heterocycles. The largest absolute Gasteiger partial charge is 0.366 e. The molecule has 88 valence electrons. The molecule has 3 rings (SSSR count). The van der Waals surface area contributed by atoms with Crippen LogP contribution in [0.1, 0.15) is 16.1 Å². The van der Waals surface area contributed by atoms with Gasteiger partial charge in [-0.15, -0.1) is 0 Å². The number of nitrogens with zero attached hydrogens (tertiary/aromatic N) is 1. The van der Waals surface area contributed by atoms with Crippen LogP contribution in [0, 0.1) is 0 Å². The Kier molecular flexibility index (Phi) is 2.37. The molecule has 0 aliphatic carbocycles. The topological polar surface area (TPSA) is 60.1 Å². The monoisotopic (exact) mass is 229 g/mol. The van der Waals surface area contributed by atoms with Gasteiger partial charge < -0.3 is 15.6 Å². The lowest BCUT2D eigenvalue weighted by molar-refractivity contribution is 0.100. The van der Waals surface area contributed by atoms with E-state index in [0.29, 0.717) is 5.56 Å². The van der Waals surface area contributed by atoms with Crippen molar-refractivity contribution >= 4 is 16.8 Å². The Morgan fingerprint density at radius 2 is 2.12 bits per heavy atom. The molecule has 3 N–H and O–H groups in total. The molecule has 0 radical (unpaired) electrons. The van der Waals surface area contributed by atoms with Gasteiger partial charge in [0.1, 0.15) is 0 Å². The molecule has 0 unspecified atom stereocenters. The van der Waals surface area contributed by atoms with Gasteiger partial charge in [0.15, 0.2) is 0 Å². The summed E-state index contributed by atoms with van der Waals surface area (Å²) < 4.78 is 2.22. The fourth-order valence-corrected chi connectivity index (χ4v) is 2.67. The van der Waals surface area contributed by atoms with Crippen LogP contribution in [0.4, 0.5) is 0 Å². The van der Waals surface area contributed by atoms with Crippen molar-refractivity contribution in [3.8, 4) is 0 Å². The Hall–Kier alpha value is -1.81. The minimum absolute atomic E-state index is 0.322. The Morgan fingerprint density at radius 3 is 2.94 bits per heavy atom. The van der Waals surface area contributed by atoms with Gasteiger partial charge in [0.2, 0.25) is 0 Å². The maximum atomic E-state index is 11.6. The van der Waals surface area contributed by atoms with E-state index in [9.17, 15) is 4.79 Å². The maximum Gasteiger partial charge on any atom is 0.251 e. The number of aromatic nitrogens is 1. The summed E-state index contributed by atoms with van der Waals surface area (Å²) in [6.07, 6.45) is 0.854. The summed E-state index contributed by atoms with van der Waals surface area (Å²) >= 11 is 0. The molecule has 1 amide bonds. The number of hydrogen-bond acceptors (Lipinski definition) is 2. The fraction of sp³-hybridized carbons (Fsp3) is 0.308. The van der Waals surface area contributed by atoms with Gasteiger partial charge in [-0.1, -0.05) is 18.2 Å². The van der Waals surface area contributed by atoms with E-state index in [1.54, 1.807) is 0 Å². The van der Waals surface area contributed by atoms with Crippen LogP contribution in [0.2, 0.25) is 0 Å². The number of nitrogens with one attached hydrogen (secondary N) is 1. The van der Waals surface area contributed by atoms with E-state index in [4.69, 9.17) is 5.73 Å². The van der Waals surface area contributed by atoms with Crippen molar-refractivity contribution < 1.29 is 4.79 Å². The van der Waals surface area contributed by atoms with Crippen LogP contribution < -0.4 is 11.1 Å². The van der Waals surface area contributed by atoms with Crippen molar-refractivity contribution in [3.05, 3.63) is 35.5 Å². The van der Waals surface area contributed by atoms with E-state index in [1.807, 2.05) is 18.2 Å². The van der Waals surface area contributed by atoms with Crippen molar-refractivity contribution in [2.24, 2.45) is 5.73 Å². The van der Waals surface area contributed by atoms with Gasteiger partial charge in [0.25, 0.3) is 5.91 Å². The average Bonchev–Trinajstić information content (AvgIpc) is 2.48. The van der Waals surface area contributed by atoms with Gasteiger partial charge in [-0.3, -0.25) is 4.79 Å². The number of carbonyl (C=O) groups excluding carboxylic acids is 1. The molecule has 0 fully saturated rings. The first-order chi connectivity index (χ1) is 8.29. The van der Waals surface area contributed by atoms with Gasteiger partial charge in [-0.25, -0.2) is 0 Å². The second-order valence-electron chi connectivity index (χ2n) is 4.35. The first-order valence-electron chi connectivity index (χ1n) is 5.89. The van der Waals surface area contributed by atoms with Crippen LogP contribution in [0.5, 0.6) is 0 Å². The minimum atomic E-state index is -0.322. The third-order valence-electron chi connectivity index (χ3n) is 3.38. The van der Waals surface area contributed by atoms with Crippen molar-refractivity contribution in [3.63, 3.8) is 0 Å². The van der Waals surface area contributed by atoms with Crippen LogP contribution in [0.15, 0.2) is 24.3 Å². The fourth-order valence-electron chi connectivity index (χ4n) is 2.67. The third-order valence-corrected chi connectivity index (χ3v) is 3.38. The summed E-state index contributed by atoms with van der Waals surface area (Å²) in [5, 5.41) is 4.32. The number of benzene rings is 1. The maximum absolute atomic E-state index is 11.6.